The molecule has 1 heterocycles. The molecular weight excluding hydrogens is 397 g/mol. The normalized spacial score (nSPS) is 10.5. The van der Waals surface area contributed by atoms with Crippen LogP contribution in [0.25, 0.3) is 11.3 Å². The molecule has 3 aromatic rings. The summed E-state index contributed by atoms with van der Waals surface area (Å²) in [6, 6.07) is 12.9. The zero-order valence-electron chi connectivity index (χ0n) is 15.1. The van der Waals surface area contributed by atoms with Gasteiger partial charge in [0.1, 0.15) is 5.82 Å². The van der Waals surface area contributed by atoms with Crippen LogP contribution in [0.5, 0.6) is 0 Å². The topological polar surface area (TPSA) is 71.1 Å². The fraction of sp³-hybridized carbons (Fsp3) is 0.150. The van der Waals surface area contributed by atoms with Gasteiger partial charge in [-0.05, 0) is 49.4 Å². The molecule has 2 N–H and O–H groups in total. The van der Waals surface area contributed by atoms with Crippen LogP contribution < -0.4 is 10.6 Å². The van der Waals surface area contributed by atoms with Gasteiger partial charge in [-0.15, -0.1) is 11.3 Å². The van der Waals surface area contributed by atoms with E-state index in [0.717, 1.165) is 15.6 Å². The van der Waals surface area contributed by atoms with Crippen molar-refractivity contribution in [2.45, 2.75) is 11.3 Å². The molecule has 28 heavy (non-hydrogen) atoms. The van der Waals surface area contributed by atoms with Crippen LogP contribution >= 0.6 is 23.1 Å². The van der Waals surface area contributed by atoms with Gasteiger partial charge < -0.3 is 10.6 Å². The van der Waals surface area contributed by atoms with Crippen LogP contribution in [0.3, 0.4) is 0 Å². The Morgan fingerprint density at radius 2 is 1.96 bits per heavy atom. The van der Waals surface area contributed by atoms with Gasteiger partial charge in [0.2, 0.25) is 5.91 Å². The highest BCUT2D eigenvalue weighted by molar-refractivity contribution is 8.01. The second-order valence-corrected chi connectivity index (χ2v) is 7.86. The fourth-order valence-electron chi connectivity index (χ4n) is 2.40. The van der Waals surface area contributed by atoms with E-state index in [1.54, 1.807) is 36.4 Å². The lowest BCUT2D eigenvalue weighted by molar-refractivity contribution is -0.113. The molecule has 8 heteroatoms. The molecule has 0 saturated heterocycles. The maximum Gasteiger partial charge on any atom is 0.251 e. The third-order valence-corrected chi connectivity index (χ3v) is 5.72. The minimum Gasteiger partial charge on any atom is -0.352 e. The number of halogens is 1. The molecule has 0 saturated carbocycles. The second-order valence-electron chi connectivity index (χ2n) is 5.78. The number of thiazole rings is 1. The van der Waals surface area contributed by atoms with Gasteiger partial charge in [0.15, 0.2) is 4.34 Å². The van der Waals surface area contributed by atoms with E-state index in [4.69, 9.17) is 0 Å². The predicted molar refractivity (Wildman–Crippen MR) is 111 cm³/mol. The summed E-state index contributed by atoms with van der Waals surface area (Å²) in [5, 5.41) is 7.39. The lowest BCUT2D eigenvalue weighted by Crippen LogP contribution is -2.23. The van der Waals surface area contributed by atoms with Crippen molar-refractivity contribution in [2.75, 3.05) is 17.6 Å². The fourth-order valence-corrected chi connectivity index (χ4v) is 4.04. The molecule has 0 bridgehead atoms. The molecule has 0 aliphatic rings. The quantitative estimate of drug-likeness (QED) is 0.560. The summed E-state index contributed by atoms with van der Waals surface area (Å²) < 4.78 is 13.8. The van der Waals surface area contributed by atoms with Gasteiger partial charge in [-0.2, -0.15) is 0 Å². The Labute approximate surface area is 170 Å². The molecule has 0 aliphatic heterocycles. The number of thioether (sulfide) groups is 1. The lowest BCUT2D eigenvalue weighted by atomic mass is 10.2. The van der Waals surface area contributed by atoms with E-state index in [2.05, 4.69) is 15.6 Å². The molecule has 0 aliphatic carbocycles. The zero-order valence-corrected chi connectivity index (χ0v) is 16.7. The van der Waals surface area contributed by atoms with Crippen molar-refractivity contribution in [2.24, 2.45) is 0 Å². The number of carbonyl (C=O) groups is 2. The Kier molecular flexibility index (Phi) is 6.78. The molecule has 0 spiro atoms. The third-order valence-electron chi connectivity index (χ3n) is 3.70. The summed E-state index contributed by atoms with van der Waals surface area (Å²) in [5.74, 6) is -0.455. The molecule has 144 valence electrons. The van der Waals surface area contributed by atoms with E-state index < -0.39 is 0 Å². The van der Waals surface area contributed by atoms with Crippen molar-refractivity contribution in [3.05, 3.63) is 65.3 Å². The number of benzene rings is 2. The van der Waals surface area contributed by atoms with Gasteiger partial charge in [-0.25, -0.2) is 9.37 Å². The van der Waals surface area contributed by atoms with Crippen molar-refractivity contribution in [1.82, 2.24) is 10.3 Å². The lowest BCUT2D eigenvalue weighted by Gasteiger charge is -2.07. The largest absolute Gasteiger partial charge is 0.352 e. The van der Waals surface area contributed by atoms with E-state index in [0.29, 0.717) is 17.8 Å². The average molecular weight is 416 g/mol. The molecule has 1 aromatic heterocycles. The van der Waals surface area contributed by atoms with Crippen LogP contribution in [0.1, 0.15) is 17.3 Å². The Morgan fingerprint density at radius 1 is 1.18 bits per heavy atom. The minimum atomic E-state index is -0.290. The summed E-state index contributed by atoms with van der Waals surface area (Å²) in [5.41, 5.74) is 2.65. The van der Waals surface area contributed by atoms with E-state index in [9.17, 15) is 14.0 Å². The standard InChI is InChI=1S/C20H18FN3O2S2/c1-2-22-19(26)14-4-3-5-16(10-14)23-18(25)12-28-20-24-17(11-27-20)13-6-8-15(21)9-7-13/h3-11H,2,12H2,1H3,(H,22,26)(H,23,25). The maximum atomic E-state index is 13.0. The van der Waals surface area contributed by atoms with Crippen molar-refractivity contribution in [3.63, 3.8) is 0 Å². The Hall–Kier alpha value is -2.71. The Bertz CT molecular complexity index is 974. The number of anilines is 1. The number of hydrogen-bond acceptors (Lipinski definition) is 5. The number of nitrogens with one attached hydrogen (secondary N) is 2. The van der Waals surface area contributed by atoms with E-state index >= 15 is 0 Å². The van der Waals surface area contributed by atoms with Crippen molar-refractivity contribution in [1.29, 1.82) is 0 Å². The Balaban J connectivity index is 1.56. The number of amides is 2. The SMILES string of the molecule is CCNC(=O)c1cccc(NC(=O)CSc2nc(-c3ccc(F)cc3)cs2)c1. The molecule has 0 radical (unpaired) electrons. The van der Waals surface area contributed by atoms with Crippen LogP contribution in [-0.4, -0.2) is 29.1 Å². The van der Waals surface area contributed by atoms with Crippen molar-refractivity contribution < 1.29 is 14.0 Å². The maximum absolute atomic E-state index is 13.0. The monoisotopic (exact) mass is 415 g/mol. The minimum absolute atomic E-state index is 0.177. The number of carbonyl (C=O) groups excluding carboxylic acids is 2. The number of aromatic nitrogens is 1. The number of nitrogens with zero attached hydrogens (tertiary/aromatic N) is 1. The molecular formula is C20H18FN3O2S2. The molecule has 0 fully saturated rings. The van der Waals surface area contributed by atoms with Gasteiger partial charge in [-0.3, -0.25) is 9.59 Å². The van der Waals surface area contributed by atoms with Gasteiger partial charge in [-0.1, -0.05) is 17.8 Å². The molecule has 3 rings (SSSR count). The van der Waals surface area contributed by atoms with Gasteiger partial charge in [0.25, 0.3) is 5.91 Å². The highest BCUT2D eigenvalue weighted by Gasteiger charge is 2.10. The third kappa shape index (κ3) is 5.40. The first kappa shape index (κ1) is 20.0. The summed E-state index contributed by atoms with van der Waals surface area (Å²) in [4.78, 5) is 28.6. The highest BCUT2D eigenvalue weighted by atomic mass is 32.2. The first-order valence-corrected chi connectivity index (χ1v) is 10.4. The average Bonchev–Trinajstić information content (AvgIpc) is 3.16. The van der Waals surface area contributed by atoms with Crippen molar-refractivity contribution >= 4 is 40.6 Å². The molecule has 0 unspecified atom stereocenters. The van der Waals surface area contributed by atoms with Gasteiger partial charge >= 0.3 is 0 Å². The Morgan fingerprint density at radius 3 is 2.71 bits per heavy atom. The molecule has 2 amide bonds. The van der Waals surface area contributed by atoms with E-state index in [1.165, 1.54) is 35.2 Å². The smallest absolute Gasteiger partial charge is 0.251 e. The molecule has 2 aromatic carbocycles. The van der Waals surface area contributed by atoms with Crippen LogP contribution in [0.4, 0.5) is 10.1 Å². The highest BCUT2D eigenvalue weighted by Crippen LogP contribution is 2.28. The van der Waals surface area contributed by atoms with Crippen LogP contribution in [0, 0.1) is 5.82 Å². The van der Waals surface area contributed by atoms with Gasteiger partial charge in [0, 0.05) is 28.7 Å². The predicted octanol–water partition coefficient (Wildman–Crippen LogP) is 4.43. The molecule has 0 atom stereocenters. The van der Waals surface area contributed by atoms with E-state index in [1.807, 2.05) is 12.3 Å². The second kappa shape index (κ2) is 9.48. The number of hydrogen-bond donors (Lipinski definition) is 2. The summed E-state index contributed by atoms with van der Waals surface area (Å²) in [6.07, 6.45) is 0. The zero-order chi connectivity index (χ0) is 19.9. The van der Waals surface area contributed by atoms with Crippen molar-refractivity contribution in [3.8, 4) is 11.3 Å². The van der Waals surface area contributed by atoms with Gasteiger partial charge in [0.05, 0.1) is 11.4 Å². The summed E-state index contributed by atoms with van der Waals surface area (Å²) >= 11 is 2.76. The summed E-state index contributed by atoms with van der Waals surface area (Å²) in [7, 11) is 0. The number of rotatable bonds is 7. The molecule has 5 nitrogen and oxygen atoms in total. The van der Waals surface area contributed by atoms with Crippen LogP contribution in [-0.2, 0) is 4.79 Å². The summed E-state index contributed by atoms with van der Waals surface area (Å²) in [6.45, 7) is 2.39. The van der Waals surface area contributed by atoms with Crippen LogP contribution in [0.2, 0.25) is 0 Å². The first-order valence-electron chi connectivity index (χ1n) is 8.57. The first-order chi connectivity index (χ1) is 13.5. The van der Waals surface area contributed by atoms with E-state index in [-0.39, 0.29) is 23.4 Å². The van der Waals surface area contributed by atoms with Crippen LogP contribution in [0.15, 0.2) is 58.3 Å².